The minimum atomic E-state index is -0.563. The number of hydrogen-bond acceptors (Lipinski definition) is 0. The lowest BCUT2D eigenvalue weighted by molar-refractivity contribution is 1.45. The molecule has 1 aliphatic rings. The maximum atomic E-state index is 5.67. The van der Waals surface area contributed by atoms with E-state index in [9.17, 15) is 0 Å². The van der Waals surface area contributed by atoms with Crippen LogP contribution in [0, 0.1) is 0 Å². The molecule has 1 heterocycles. The van der Waals surface area contributed by atoms with Crippen molar-refractivity contribution in [2.45, 2.75) is 0 Å². The molecule has 0 bridgehead atoms. The highest BCUT2D eigenvalue weighted by Gasteiger charge is 2.30. The minimum Gasteiger partial charge on any atom is -0.123 e. The van der Waals surface area contributed by atoms with Crippen LogP contribution in [0.2, 0.25) is 0 Å². The Bertz CT molecular complexity index is 112. The molecule has 0 amide bonds. The van der Waals surface area contributed by atoms with Crippen LogP contribution in [-0.2, 0) is 0 Å². The molecule has 0 atom stereocenters. The third-order valence-electron chi connectivity index (χ3n) is 1.88. The molecule has 0 saturated carbocycles. The number of rotatable bonds is 2. The van der Waals surface area contributed by atoms with Crippen LogP contribution >= 0.6 is 18.9 Å². The van der Waals surface area contributed by atoms with Gasteiger partial charge in [0.15, 0.2) is 0 Å². The van der Waals surface area contributed by atoms with E-state index in [1.165, 1.54) is 18.5 Å². The second-order valence-corrected chi connectivity index (χ2v) is 7.66. The van der Waals surface area contributed by atoms with Crippen molar-refractivity contribution < 1.29 is 0 Å². The SMILES string of the molecule is C[P+]1(CCCl)CC=CC1. The van der Waals surface area contributed by atoms with Crippen molar-refractivity contribution in [3.63, 3.8) is 0 Å². The van der Waals surface area contributed by atoms with Crippen molar-refractivity contribution >= 4 is 18.9 Å². The highest BCUT2D eigenvalue weighted by atomic mass is 35.5. The number of halogens is 1. The van der Waals surface area contributed by atoms with Gasteiger partial charge in [-0.25, -0.2) is 0 Å². The largest absolute Gasteiger partial charge is 0.123 e. The van der Waals surface area contributed by atoms with Crippen LogP contribution in [0.25, 0.3) is 0 Å². The van der Waals surface area contributed by atoms with Crippen molar-refractivity contribution in [2.24, 2.45) is 0 Å². The van der Waals surface area contributed by atoms with Crippen LogP contribution in [0.3, 0.4) is 0 Å². The molecule has 0 aromatic heterocycles. The average Bonchev–Trinajstić information content (AvgIpc) is 2.16. The molecule has 0 saturated heterocycles. The Morgan fingerprint density at radius 2 is 2.00 bits per heavy atom. The third kappa shape index (κ3) is 1.95. The van der Waals surface area contributed by atoms with Gasteiger partial charge in [0.1, 0.15) is 0 Å². The number of allylic oxidation sites excluding steroid dienone is 2. The van der Waals surface area contributed by atoms with E-state index in [1.807, 2.05) is 0 Å². The van der Waals surface area contributed by atoms with Gasteiger partial charge in [-0.3, -0.25) is 0 Å². The van der Waals surface area contributed by atoms with Crippen LogP contribution in [0.4, 0.5) is 0 Å². The zero-order valence-corrected chi connectivity index (χ0v) is 7.46. The van der Waals surface area contributed by atoms with E-state index in [0.717, 1.165) is 5.88 Å². The molecule has 0 aliphatic carbocycles. The maximum Gasteiger partial charge on any atom is 0.0775 e. The topological polar surface area (TPSA) is 0 Å². The van der Waals surface area contributed by atoms with Gasteiger partial charge in [-0.2, -0.15) is 0 Å². The summed E-state index contributed by atoms with van der Waals surface area (Å²) in [6.07, 6.45) is 8.54. The Morgan fingerprint density at radius 1 is 1.44 bits per heavy atom. The van der Waals surface area contributed by atoms with Crippen molar-refractivity contribution in [3.8, 4) is 0 Å². The first-order valence-corrected chi connectivity index (χ1v) is 6.64. The molecule has 0 radical (unpaired) electrons. The summed E-state index contributed by atoms with van der Waals surface area (Å²) in [5, 5.41) is 0. The zero-order chi connectivity index (χ0) is 6.74. The fraction of sp³-hybridized carbons (Fsp3) is 0.714. The van der Waals surface area contributed by atoms with E-state index in [1.54, 1.807) is 0 Å². The number of alkyl halides is 1. The summed E-state index contributed by atoms with van der Waals surface area (Å²) in [4.78, 5) is 0. The van der Waals surface area contributed by atoms with Crippen molar-refractivity contribution in [2.75, 3.05) is 31.0 Å². The van der Waals surface area contributed by atoms with Crippen molar-refractivity contribution in [1.82, 2.24) is 0 Å². The molecule has 9 heavy (non-hydrogen) atoms. The van der Waals surface area contributed by atoms with Crippen LogP contribution in [0.5, 0.6) is 0 Å². The van der Waals surface area contributed by atoms with Crippen LogP contribution in [0.15, 0.2) is 12.2 Å². The van der Waals surface area contributed by atoms with Gasteiger partial charge in [0.2, 0.25) is 0 Å². The Hall–Kier alpha value is 0.460. The fourth-order valence-electron chi connectivity index (χ4n) is 1.12. The van der Waals surface area contributed by atoms with Gasteiger partial charge in [0.25, 0.3) is 0 Å². The lowest BCUT2D eigenvalue weighted by Gasteiger charge is -2.13. The Balaban J connectivity index is 2.36. The molecule has 52 valence electrons. The van der Waals surface area contributed by atoms with Gasteiger partial charge in [-0.05, 0) is 12.2 Å². The fourth-order valence-corrected chi connectivity index (χ4v) is 4.58. The van der Waals surface area contributed by atoms with Gasteiger partial charge in [0, 0.05) is 13.9 Å². The van der Waals surface area contributed by atoms with Gasteiger partial charge >= 0.3 is 0 Å². The van der Waals surface area contributed by atoms with Crippen molar-refractivity contribution in [3.05, 3.63) is 12.2 Å². The first-order valence-electron chi connectivity index (χ1n) is 3.31. The molecule has 0 spiro atoms. The lowest BCUT2D eigenvalue weighted by Crippen LogP contribution is -2.00. The van der Waals surface area contributed by atoms with E-state index >= 15 is 0 Å². The van der Waals surface area contributed by atoms with Crippen LogP contribution in [0.1, 0.15) is 0 Å². The molecule has 0 unspecified atom stereocenters. The summed E-state index contributed by atoms with van der Waals surface area (Å²) < 4.78 is 0. The van der Waals surface area contributed by atoms with E-state index in [4.69, 9.17) is 11.6 Å². The standard InChI is InChI=1S/C7H13ClP/c1-9(7-4-8)5-2-3-6-9/h2-3H,4-7H2,1H3/q+1. The summed E-state index contributed by atoms with van der Waals surface area (Å²) in [6.45, 7) is 2.41. The average molecular weight is 164 g/mol. The first-order chi connectivity index (χ1) is 4.27. The molecular formula is C7H13ClP+. The third-order valence-corrected chi connectivity index (χ3v) is 5.82. The second kappa shape index (κ2) is 3.03. The van der Waals surface area contributed by atoms with Gasteiger partial charge in [-0.1, -0.05) is 0 Å². The molecular weight excluding hydrogens is 151 g/mol. The molecule has 0 aromatic rings. The first kappa shape index (κ1) is 7.57. The van der Waals surface area contributed by atoms with E-state index in [-0.39, 0.29) is 0 Å². The molecule has 1 aliphatic heterocycles. The van der Waals surface area contributed by atoms with E-state index in [2.05, 4.69) is 18.8 Å². The summed E-state index contributed by atoms with van der Waals surface area (Å²) >= 11 is 5.67. The predicted molar refractivity (Wildman–Crippen MR) is 47.3 cm³/mol. The molecule has 0 N–H and O–H groups in total. The highest BCUT2D eigenvalue weighted by molar-refractivity contribution is 7.75. The second-order valence-electron chi connectivity index (χ2n) is 2.87. The summed E-state index contributed by atoms with van der Waals surface area (Å²) in [6, 6.07) is 0. The Labute approximate surface area is 62.6 Å². The van der Waals surface area contributed by atoms with Crippen LogP contribution < -0.4 is 0 Å². The minimum absolute atomic E-state index is 0.563. The van der Waals surface area contributed by atoms with Gasteiger partial charge < -0.3 is 0 Å². The summed E-state index contributed by atoms with van der Waals surface area (Å²) in [5.74, 6) is 0.853. The van der Waals surface area contributed by atoms with Crippen LogP contribution in [-0.4, -0.2) is 31.0 Å². The summed E-state index contributed by atoms with van der Waals surface area (Å²) in [7, 11) is -0.563. The quantitative estimate of drug-likeness (QED) is 0.333. The number of hydrogen-bond donors (Lipinski definition) is 0. The van der Waals surface area contributed by atoms with E-state index < -0.39 is 7.26 Å². The van der Waals surface area contributed by atoms with Crippen molar-refractivity contribution in [1.29, 1.82) is 0 Å². The van der Waals surface area contributed by atoms with Gasteiger partial charge in [0.05, 0.1) is 24.4 Å². The zero-order valence-electron chi connectivity index (χ0n) is 5.81. The maximum absolute atomic E-state index is 5.67. The monoisotopic (exact) mass is 163 g/mol. The molecule has 2 heteroatoms. The van der Waals surface area contributed by atoms with E-state index in [0.29, 0.717) is 0 Å². The molecule has 0 fully saturated rings. The Kier molecular flexibility index (Phi) is 2.55. The highest BCUT2D eigenvalue weighted by Crippen LogP contribution is 2.57. The molecule has 1 rings (SSSR count). The Morgan fingerprint density at radius 3 is 2.44 bits per heavy atom. The normalized spacial score (nSPS) is 22.9. The molecule has 0 nitrogen and oxygen atoms in total. The summed E-state index contributed by atoms with van der Waals surface area (Å²) in [5.41, 5.74) is 0. The lowest BCUT2D eigenvalue weighted by atomic mass is 10.6. The predicted octanol–water partition coefficient (Wildman–Crippen LogP) is 2.44. The smallest absolute Gasteiger partial charge is 0.0775 e. The van der Waals surface area contributed by atoms with Gasteiger partial charge in [-0.15, -0.1) is 11.6 Å². The molecule has 0 aromatic carbocycles.